The first kappa shape index (κ1) is 26.6. The Morgan fingerprint density at radius 2 is 1.57 bits per heavy atom. The Morgan fingerprint density at radius 3 is 2.14 bits per heavy atom. The number of benzene rings is 2. The van der Waals surface area contributed by atoms with Gasteiger partial charge in [0.25, 0.3) is 5.91 Å². The smallest absolute Gasteiger partial charge is 0.399 e. The first-order valence-electron chi connectivity index (χ1n) is 11.6. The second-order valence-corrected chi connectivity index (χ2v) is 9.76. The molecular weight excluding hydrogens is 489 g/mol. The summed E-state index contributed by atoms with van der Waals surface area (Å²) in [5, 5.41) is 5.41. The molecule has 2 aromatic carbocycles. The van der Waals surface area contributed by atoms with Gasteiger partial charge < -0.3 is 19.9 Å². The molecule has 6 nitrogen and oxygen atoms in total. The van der Waals surface area contributed by atoms with Crippen molar-refractivity contribution in [3.8, 4) is 0 Å². The van der Waals surface area contributed by atoms with Gasteiger partial charge in [-0.05, 0) is 69.1 Å². The predicted octanol–water partition coefficient (Wildman–Crippen LogP) is 5.40. The molecule has 37 heavy (non-hydrogen) atoms. The Hall–Kier alpha value is -3.44. The van der Waals surface area contributed by atoms with Crippen molar-refractivity contribution in [1.29, 1.82) is 0 Å². The number of nitrogens with zero attached hydrogens (tertiary/aromatic N) is 1. The number of hydrogen-bond acceptors (Lipinski definition) is 5. The molecule has 2 heterocycles. The lowest BCUT2D eigenvalue weighted by atomic mass is 9.79. The molecule has 0 bridgehead atoms. The van der Waals surface area contributed by atoms with E-state index in [0.717, 1.165) is 29.2 Å². The molecule has 0 aliphatic carbocycles. The summed E-state index contributed by atoms with van der Waals surface area (Å²) in [7, 11) is -0.523. The molecule has 1 saturated heterocycles. The Labute approximate surface area is 212 Å². The zero-order chi connectivity index (χ0) is 27.0. The SMILES string of the molecule is CC1(C)OB(c2ccc(CNc3ncc(C(F)(F)F)cc3C(=O)Nc3ccc(F)cc3)cc2)OC1(C)C. The van der Waals surface area contributed by atoms with Gasteiger partial charge in [-0.1, -0.05) is 24.3 Å². The average Bonchev–Trinajstić information content (AvgIpc) is 3.05. The zero-order valence-corrected chi connectivity index (χ0v) is 20.7. The summed E-state index contributed by atoms with van der Waals surface area (Å²) in [6.45, 7) is 8.05. The van der Waals surface area contributed by atoms with Crippen LogP contribution in [-0.2, 0) is 22.0 Å². The van der Waals surface area contributed by atoms with Crippen molar-refractivity contribution < 1.29 is 31.7 Å². The molecule has 0 radical (unpaired) electrons. The Bertz CT molecular complexity index is 1260. The highest BCUT2D eigenvalue weighted by molar-refractivity contribution is 6.62. The van der Waals surface area contributed by atoms with Crippen LogP contribution in [0.15, 0.2) is 60.8 Å². The van der Waals surface area contributed by atoms with Gasteiger partial charge in [0.2, 0.25) is 0 Å². The van der Waals surface area contributed by atoms with E-state index in [9.17, 15) is 22.4 Å². The van der Waals surface area contributed by atoms with Gasteiger partial charge in [0.05, 0.1) is 22.3 Å². The van der Waals surface area contributed by atoms with E-state index < -0.39 is 41.8 Å². The standard InChI is InChI=1S/C26H26BF4N3O3/c1-24(2)25(3,4)37-27(36-24)18-7-5-16(6-8-18)14-32-22-21(13-17(15-33-22)26(29,30)31)23(35)34-20-11-9-19(28)10-12-20/h5-13,15H,14H2,1-4H3,(H,32,33)(H,34,35). The molecular formula is C26H26BF4N3O3. The van der Waals surface area contributed by atoms with Crippen LogP contribution in [0.2, 0.25) is 0 Å². The summed E-state index contributed by atoms with van der Waals surface area (Å²) < 4.78 is 65.1. The highest BCUT2D eigenvalue weighted by atomic mass is 19.4. The second kappa shape index (κ2) is 9.79. The van der Waals surface area contributed by atoms with E-state index in [1.165, 1.54) is 12.1 Å². The first-order chi connectivity index (χ1) is 17.2. The number of nitrogens with one attached hydrogen (secondary N) is 2. The Balaban J connectivity index is 1.50. The van der Waals surface area contributed by atoms with Gasteiger partial charge in [-0.15, -0.1) is 0 Å². The molecule has 1 aliphatic rings. The molecule has 0 atom stereocenters. The lowest BCUT2D eigenvalue weighted by molar-refractivity contribution is -0.137. The van der Waals surface area contributed by atoms with Crippen molar-refractivity contribution in [3.05, 3.63) is 83.3 Å². The fraction of sp³-hybridized carbons (Fsp3) is 0.308. The maximum atomic E-state index is 13.3. The van der Waals surface area contributed by atoms with Crippen LogP contribution in [0, 0.1) is 5.82 Å². The van der Waals surface area contributed by atoms with Gasteiger partial charge in [0, 0.05) is 18.4 Å². The van der Waals surface area contributed by atoms with E-state index in [2.05, 4.69) is 15.6 Å². The number of carbonyl (C=O) groups excluding carboxylic acids is 1. The quantitative estimate of drug-likeness (QED) is 0.340. The van der Waals surface area contributed by atoms with Crippen LogP contribution in [0.1, 0.15) is 49.2 Å². The lowest BCUT2D eigenvalue weighted by Gasteiger charge is -2.32. The number of alkyl halides is 3. The number of pyridine rings is 1. The topological polar surface area (TPSA) is 72.5 Å². The minimum absolute atomic E-state index is 0.0253. The number of halogens is 4. The summed E-state index contributed by atoms with van der Waals surface area (Å²) >= 11 is 0. The van der Waals surface area contributed by atoms with Crippen LogP contribution in [-0.4, -0.2) is 29.2 Å². The van der Waals surface area contributed by atoms with E-state index in [1.54, 1.807) is 0 Å². The molecule has 1 amide bonds. The molecule has 0 saturated carbocycles. The van der Waals surface area contributed by atoms with E-state index in [1.807, 2.05) is 52.0 Å². The highest BCUT2D eigenvalue weighted by Crippen LogP contribution is 2.36. The lowest BCUT2D eigenvalue weighted by Crippen LogP contribution is -2.41. The van der Waals surface area contributed by atoms with Crippen molar-refractivity contribution in [2.24, 2.45) is 0 Å². The fourth-order valence-corrected chi connectivity index (χ4v) is 3.62. The molecule has 2 N–H and O–H groups in total. The third-order valence-electron chi connectivity index (χ3n) is 6.53. The Kier molecular flexibility index (Phi) is 7.05. The minimum Gasteiger partial charge on any atom is -0.399 e. The molecule has 1 aromatic heterocycles. The highest BCUT2D eigenvalue weighted by Gasteiger charge is 2.51. The van der Waals surface area contributed by atoms with Gasteiger partial charge in [0.1, 0.15) is 11.6 Å². The molecule has 194 valence electrons. The number of anilines is 2. The van der Waals surface area contributed by atoms with Crippen molar-refractivity contribution in [2.45, 2.75) is 51.6 Å². The van der Waals surface area contributed by atoms with Crippen LogP contribution in [0.3, 0.4) is 0 Å². The molecule has 1 fully saturated rings. The fourth-order valence-electron chi connectivity index (χ4n) is 3.62. The Morgan fingerprint density at radius 1 is 0.973 bits per heavy atom. The van der Waals surface area contributed by atoms with E-state index >= 15 is 0 Å². The summed E-state index contributed by atoms with van der Waals surface area (Å²) in [5.41, 5.74) is -0.454. The minimum atomic E-state index is -4.68. The van der Waals surface area contributed by atoms with Crippen molar-refractivity contribution in [2.75, 3.05) is 10.6 Å². The van der Waals surface area contributed by atoms with Crippen molar-refractivity contribution >= 4 is 30.0 Å². The van der Waals surface area contributed by atoms with Crippen LogP contribution in [0.25, 0.3) is 0 Å². The normalized spacial score (nSPS) is 16.5. The van der Waals surface area contributed by atoms with Gasteiger partial charge in [-0.25, -0.2) is 9.37 Å². The monoisotopic (exact) mass is 515 g/mol. The van der Waals surface area contributed by atoms with Gasteiger partial charge >= 0.3 is 13.3 Å². The third kappa shape index (κ3) is 5.94. The molecule has 4 rings (SSSR count). The van der Waals surface area contributed by atoms with E-state index in [-0.39, 0.29) is 23.6 Å². The summed E-state index contributed by atoms with van der Waals surface area (Å²) in [6, 6.07) is 13.0. The van der Waals surface area contributed by atoms with Crippen LogP contribution in [0.5, 0.6) is 0 Å². The predicted molar refractivity (Wildman–Crippen MR) is 133 cm³/mol. The van der Waals surface area contributed by atoms with Crippen LogP contribution < -0.4 is 16.1 Å². The number of carbonyl (C=O) groups is 1. The largest absolute Gasteiger partial charge is 0.494 e. The van der Waals surface area contributed by atoms with Gasteiger partial charge in [-0.2, -0.15) is 13.2 Å². The summed E-state index contributed by atoms with van der Waals surface area (Å²) in [5.74, 6) is -1.35. The molecule has 0 spiro atoms. The number of aromatic nitrogens is 1. The summed E-state index contributed by atoms with van der Waals surface area (Å²) in [6.07, 6.45) is -4.02. The average molecular weight is 515 g/mol. The number of hydrogen-bond donors (Lipinski definition) is 2. The van der Waals surface area contributed by atoms with Gasteiger partial charge in [0.15, 0.2) is 0 Å². The zero-order valence-electron chi connectivity index (χ0n) is 20.7. The third-order valence-corrected chi connectivity index (χ3v) is 6.53. The molecule has 3 aromatic rings. The first-order valence-corrected chi connectivity index (χ1v) is 11.6. The molecule has 0 unspecified atom stereocenters. The van der Waals surface area contributed by atoms with E-state index in [0.29, 0.717) is 6.20 Å². The maximum absolute atomic E-state index is 13.3. The molecule has 1 aliphatic heterocycles. The summed E-state index contributed by atoms with van der Waals surface area (Å²) in [4.78, 5) is 16.7. The second-order valence-electron chi connectivity index (χ2n) is 9.76. The van der Waals surface area contributed by atoms with E-state index in [4.69, 9.17) is 9.31 Å². The van der Waals surface area contributed by atoms with Gasteiger partial charge in [-0.3, -0.25) is 4.79 Å². The number of rotatable bonds is 6. The van der Waals surface area contributed by atoms with Crippen molar-refractivity contribution in [1.82, 2.24) is 4.98 Å². The molecule has 11 heteroatoms. The van der Waals surface area contributed by atoms with Crippen LogP contribution >= 0.6 is 0 Å². The number of amides is 1. The van der Waals surface area contributed by atoms with Crippen LogP contribution in [0.4, 0.5) is 29.1 Å². The van der Waals surface area contributed by atoms with Crippen molar-refractivity contribution in [3.63, 3.8) is 0 Å². The maximum Gasteiger partial charge on any atom is 0.494 e.